The molecule has 0 unspecified atom stereocenters. The predicted molar refractivity (Wildman–Crippen MR) is 184 cm³/mol. The molecule has 0 amide bonds. The van der Waals surface area contributed by atoms with E-state index in [1.807, 2.05) is 12.2 Å². The van der Waals surface area contributed by atoms with Gasteiger partial charge < -0.3 is 10.2 Å². The van der Waals surface area contributed by atoms with Crippen LogP contribution in [-0.2, 0) is 0 Å². The maximum absolute atomic E-state index is 10.1. The molecule has 0 heterocycles. The van der Waals surface area contributed by atoms with Crippen LogP contribution >= 0.6 is 0 Å². The lowest BCUT2D eigenvalue weighted by atomic mass is 9.67. The molecule has 228 valence electrons. The topological polar surface area (TPSA) is 40.5 Å². The van der Waals surface area contributed by atoms with Gasteiger partial charge in [0.2, 0.25) is 0 Å². The minimum absolute atomic E-state index is 0.0574. The zero-order valence-electron chi connectivity index (χ0n) is 27.9. The van der Waals surface area contributed by atoms with Crippen molar-refractivity contribution in [3.8, 4) is 0 Å². The second-order valence-corrected chi connectivity index (χ2v) is 13.8. The molecule has 0 saturated carbocycles. The largest absolute Gasteiger partial charge is 0.389 e. The van der Waals surface area contributed by atoms with Crippen molar-refractivity contribution in [3.63, 3.8) is 0 Å². The minimum Gasteiger partial charge on any atom is -0.389 e. The summed E-state index contributed by atoms with van der Waals surface area (Å²) in [4.78, 5) is 0. The van der Waals surface area contributed by atoms with E-state index in [0.29, 0.717) is 11.8 Å². The second kappa shape index (κ2) is 16.1. The number of rotatable bonds is 10. The maximum Gasteiger partial charge on any atom is 0.0729 e. The van der Waals surface area contributed by atoms with Gasteiger partial charge in [-0.2, -0.15) is 0 Å². The van der Waals surface area contributed by atoms with Crippen LogP contribution in [0.25, 0.3) is 0 Å². The minimum atomic E-state index is -0.331. The third kappa shape index (κ3) is 11.7. The van der Waals surface area contributed by atoms with E-state index < -0.39 is 0 Å². The van der Waals surface area contributed by atoms with Crippen molar-refractivity contribution in [3.05, 3.63) is 131 Å². The summed E-state index contributed by atoms with van der Waals surface area (Å²) < 4.78 is 0. The van der Waals surface area contributed by atoms with Crippen molar-refractivity contribution in [2.75, 3.05) is 0 Å². The van der Waals surface area contributed by atoms with Gasteiger partial charge in [0.15, 0.2) is 0 Å². The van der Waals surface area contributed by atoms with Crippen molar-refractivity contribution in [2.45, 2.75) is 94.3 Å². The molecule has 0 aliphatic heterocycles. The van der Waals surface area contributed by atoms with E-state index in [1.165, 1.54) is 33.4 Å². The van der Waals surface area contributed by atoms with Gasteiger partial charge in [0.05, 0.1) is 12.2 Å². The van der Waals surface area contributed by atoms with Crippen LogP contribution in [0.2, 0.25) is 0 Å². The molecule has 0 aromatic heterocycles. The molecule has 0 bridgehead atoms. The highest BCUT2D eigenvalue weighted by Crippen LogP contribution is 2.42. The number of hydrogen-bond acceptors (Lipinski definition) is 2. The lowest BCUT2D eigenvalue weighted by Gasteiger charge is -2.38. The monoisotopic (exact) mass is 568 g/mol. The molecule has 0 saturated heterocycles. The zero-order chi connectivity index (χ0) is 31.5. The van der Waals surface area contributed by atoms with E-state index in [4.69, 9.17) is 0 Å². The lowest BCUT2D eigenvalue weighted by Crippen LogP contribution is -2.32. The van der Waals surface area contributed by atoms with Crippen LogP contribution in [0, 0.1) is 22.7 Å². The normalized spacial score (nSPS) is 28.1. The Labute approximate surface area is 257 Å². The molecular weight excluding hydrogens is 512 g/mol. The standard InChI is InChI=1S/C40H56O2/c1-29(17-13-19-31(3)21-23-37-33(5)25-35(41)27-39(37,7)8)15-11-12-16-30(2)18-14-20-32(4)22-24-38-34(6)26-36(42)28-40(38,9)10/h11-26,35-38,41-42H,27-28H2,1-10H3/b12-11+,17-13+,18-14+,23-21+,24-22+,29-15+,30-16+,31-19+,32-20+/t35-,36+,37+,38-. The van der Waals surface area contributed by atoms with Gasteiger partial charge in [-0.05, 0) is 65.2 Å². The summed E-state index contributed by atoms with van der Waals surface area (Å²) in [6.45, 7) is 21.6. The first kappa shape index (κ1) is 35.3. The summed E-state index contributed by atoms with van der Waals surface area (Å²) in [7, 11) is 0. The molecule has 2 N–H and O–H groups in total. The van der Waals surface area contributed by atoms with Crippen LogP contribution < -0.4 is 0 Å². The smallest absolute Gasteiger partial charge is 0.0729 e. The third-order valence-corrected chi connectivity index (χ3v) is 8.41. The molecule has 2 nitrogen and oxygen atoms in total. The Morgan fingerprint density at radius 2 is 0.881 bits per heavy atom. The van der Waals surface area contributed by atoms with Gasteiger partial charge in [0.25, 0.3) is 0 Å². The molecule has 2 rings (SSSR count). The first-order chi connectivity index (χ1) is 19.6. The maximum atomic E-state index is 10.1. The van der Waals surface area contributed by atoms with Gasteiger partial charge in [-0.1, -0.05) is 158 Å². The van der Waals surface area contributed by atoms with Crippen molar-refractivity contribution >= 4 is 0 Å². The van der Waals surface area contributed by atoms with Gasteiger partial charge in [-0.3, -0.25) is 0 Å². The SMILES string of the molecule is CC1=C[C@H](O)CC(C)(C)[C@@H]1/C=C/C(C)=C/C=C/C(C)=C/C=C/C=C(C)/C=C/C=C(C)/C=C/[C@H]1C(C)=C[C@@H](O)CC1(C)C. The fourth-order valence-electron chi connectivity index (χ4n) is 6.16. The van der Waals surface area contributed by atoms with Crippen LogP contribution in [0.15, 0.2) is 131 Å². The Morgan fingerprint density at radius 3 is 1.21 bits per heavy atom. The van der Waals surface area contributed by atoms with Crippen molar-refractivity contribution in [1.82, 2.24) is 0 Å². The van der Waals surface area contributed by atoms with Gasteiger partial charge in [0, 0.05) is 11.8 Å². The molecule has 0 radical (unpaired) electrons. The summed E-state index contributed by atoms with van der Waals surface area (Å²) in [6.07, 6.45) is 35.0. The molecule has 42 heavy (non-hydrogen) atoms. The fourth-order valence-corrected chi connectivity index (χ4v) is 6.16. The van der Waals surface area contributed by atoms with Gasteiger partial charge in [0.1, 0.15) is 0 Å². The fraction of sp³-hybridized carbons (Fsp3) is 0.450. The Morgan fingerprint density at radius 1 is 0.571 bits per heavy atom. The molecule has 2 heteroatoms. The summed E-state index contributed by atoms with van der Waals surface area (Å²) in [5.74, 6) is 0.696. The Hall–Kier alpha value is -2.94. The second-order valence-electron chi connectivity index (χ2n) is 13.8. The number of hydrogen-bond donors (Lipinski definition) is 2. The molecule has 0 aromatic carbocycles. The highest BCUT2D eigenvalue weighted by molar-refractivity contribution is 5.33. The number of aliphatic hydroxyl groups excluding tert-OH is 2. The first-order valence-electron chi connectivity index (χ1n) is 15.4. The Bertz CT molecular complexity index is 1160. The van der Waals surface area contributed by atoms with Gasteiger partial charge >= 0.3 is 0 Å². The van der Waals surface area contributed by atoms with Crippen molar-refractivity contribution in [2.24, 2.45) is 22.7 Å². The average molecular weight is 569 g/mol. The molecule has 0 spiro atoms. The Kier molecular flexibility index (Phi) is 13.5. The predicted octanol–water partition coefficient (Wildman–Crippen LogP) is 10.3. The lowest BCUT2D eigenvalue weighted by molar-refractivity contribution is 0.117. The molecule has 4 atom stereocenters. The summed E-state index contributed by atoms with van der Waals surface area (Å²) >= 11 is 0. The molecule has 0 aromatic rings. The quantitative estimate of drug-likeness (QED) is 0.203. The average Bonchev–Trinajstić information content (AvgIpc) is 2.84. The van der Waals surface area contributed by atoms with Crippen LogP contribution in [0.3, 0.4) is 0 Å². The van der Waals surface area contributed by atoms with Crippen LogP contribution in [-0.4, -0.2) is 22.4 Å². The highest BCUT2D eigenvalue weighted by Gasteiger charge is 2.35. The van der Waals surface area contributed by atoms with Crippen LogP contribution in [0.1, 0.15) is 82.1 Å². The highest BCUT2D eigenvalue weighted by atomic mass is 16.3. The van der Waals surface area contributed by atoms with E-state index >= 15 is 0 Å². The number of aliphatic hydroxyl groups is 2. The van der Waals surface area contributed by atoms with Crippen molar-refractivity contribution < 1.29 is 10.2 Å². The van der Waals surface area contributed by atoms with Gasteiger partial charge in [-0.15, -0.1) is 0 Å². The summed E-state index contributed by atoms with van der Waals surface area (Å²) in [6, 6.07) is 0. The Balaban J connectivity index is 1.89. The van der Waals surface area contributed by atoms with E-state index in [2.05, 4.69) is 154 Å². The molecule has 2 aliphatic carbocycles. The molecular formula is C40H56O2. The van der Waals surface area contributed by atoms with Crippen LogP contribution in [0.4, 0.5) is 0 Å². The number of allylic oxidation sites excluding steroid dienone is 20. The van der Waals surface area contributed by atoms with E-state index in [9.17, 15) is 10.2 Å². The summed E-state index contributed by atoms with van der Waals surface area (Å²) in [5.41, 5.74) is 7.40. The molecule has 0 fully saturated rings. The molecule has 2 aliphatic rings. The van der Waals surface area contributed by atoms with E-state index in [0.717, 1.165) is 12.8 Å². The third-order valence-electron chi connectivity index (χ3n) is 8.41. The zero-order valence-corrected chi connectivity index (χ0v) is 27.9. The van der Waals surface area contributed by atoms with Crippen molar-refractivity contribution in [1.29, 1.82) is 0 Å². The van der Waals surface area contributed by atoms with E-state index in [-0.39, 0.29) is 23.0 Å². The summed E-state index contributed by atoms with van der Waals surface area (Å²) in [5, 5.41) is 20.1. The van der Waals surface area contributed by atoms with E-state index in [1.54, 1.807) is 0 Å². The van der Waals surface area contributed by atoms with Gasteiger partial charge in [-0.25, -0.2) is 0 Å². The first-order valence-corrected chi connectivity index (χ1v) is 15.4. The van der Waals surface area contributed by atoms with Crippen LogP contribution in [0.5, 0.6) is 0 Å².